The number of aromatic amines is 1. The molecule has 2 bridgehead atoms. The topological polar surface area (TPSA) is 177 Å². The van der Waals surface area contributed by atoms with Crippen molar-refractivity contribution in [3.63, 3.8) is 0 Å². The summed E-state index contributed by atoms with van der Waals surface area (Å²) in [6, 6.07) is 9.38. The normalized spacial score (nSPS) is 34.0. The molecule has 0 amide bonds. The Morgan fingerprint density at radius 1 is 0.857 bits per heavy atom. The molecule has 9 rings (SSSR count). The second kappa shape index (κ2) is 19.6. The zero-order chi connectivity index (χ0) is 43.7. The van der Waals surface area contributed by atoms with Crippen molar-refractivity contribution in [1.29, 1.82) is 0 Å². The standard InChI is InChI=1S/C52H74N2O9/c1-61-51-41(24-33-15-20-53-29-33)48(42(30-55)49(58)50(51)59)47-27-44(57)38-11-8-35(26-46(38)63-47)34-9-12-45-40(25-34)39-23-31(16-21-54-36-5-3-2-4-6-36)7-10-37(39)43(56)14-19-52(60)18-13-32(28-52)17-22-62-45/h9,12,15,20,25,29,31-32,35-39,43-44,46-47,53-60H,2-8,10-11,13-14,16-19,21-24,26-28,30H2,1H3/t31-,32-,35+,37+,38+,39-,43+,44+,46+,47+,52-/m1/s1. The van der Waals surface area contributed by atoms with E-state index < -0.39 is 42.0 Å². The van der Waals surface area contributed by atoms with Gasteiger partial charge in [0.2, 0.25) is 5.75 Å². The van der Waals surface area contributed by atoms with Crippen LogP contribution in [0.1, 0.15) is 173 Å². The summed E-state index contributed by atoms with van der Waals surface area (Å²) < 4.78 is 19.5. The van der Waals surface area contributed by atoms with Crippen molar-refractivity contribution in [3.8, 4) is 23.0 Å². The molecule has 6 aliphatic rings. The van der Waals surface area contributed by atoms with Crippen molar-refractivity contribution in [2.45, 2.75) is 183 Å². The number of phenolic OH excluding ortho intramolecular Hbond substituents is 1. The summed E-state index contributed by atoms with van der Waals surface area (Å²) in [5, 5.41) is 72.2. The molecule has 4 saturated carbocycles. The number of H-pyrrole nitrogens is 1. The molecule has 3 aromatic rings. The number of aliphatic hydroxyl groups excluding tert-OH is 3. The van der Waals surface area contributed by atoms with Crippen LogP contribution in [0.3, 0.4) is 0 Å². The van der Waals surface area contributed by atoms with Gasteiger partial charge >= 0.3 is 0 Å². The lowest BCUT2D eigenvalue weighted by Gasteiger charge is -2.46. The maximum atomic E-state index is 12.1. The summed E-state index contributed by atoms with van der Waals surface area (Å²) in [6.45, 7) is 1.13. The predicted molar refractivity (Wildman–Crippen MR) is 241 cm³/mol. The van der Waals surface area contributed by atoms with E-state index >= 15 is 0 Å². The van der Waals surface area contributed by atoms with Crippen molar-refractivity contribution >= 4 is 0 Å². The third kappa shape index (κ3) is 9.66. The first-order valence-electron chi connectivity index (χ1n) is 24.7. The Morgan fingerprint density at radius 3 is 2.48 bits per heavy atom. The number of hydrogen-bond acceptors (Lipinski definition) is 10. The first kappa shape index (κ1) is 44.9. The molecule has 1 saturated heterocycles. The fourth-order valence-electron chi connectivity index (χ4n) is 13.4. The van der Waals surface area contributed by atoms with E-state index in [0.29, 0.717) is 67.7 Å². The molecule has 4 aliphatic carbocycles. The Morgan fingerprint density at radius 2 is 1.68 bits per heavy atom. The predicted octanol–water partition coefficient (Wildman–Crippen LogP) is 8.56. The molecule has 1 aromatic heterocycles. The summed E-state index contributed by atoms with van der Waals surface area (Å²) in [5.74, 6) is 1.52. The van der Waals surface area contributed by atoms with E-state index in [1.807, 2.05) is 18.5 Å². The van der Waals surface area contributed by atoms with Crippen molar-refractivity contribution in [2.75, 3.05) is 20.3 Å². The number of methoxy groups -OCH3 is 1. The monoisotopic (exact) mass is 871 g/mol. The van der Waals surface area contributed by atoms with Crippen molar-refractivity contribution < 1.29 is 44.8 Å². The molecule has 0 unspecified atom stereocenters. The molecule has 0 spiro atoms. The molecule has 63 heavy (non-hydrogen) atoms. The van der Waals surface area contributed by atoms with Gasteiger partial charge in [-0.1, -0.05) is 31.4 Å². The molecule has 11 nitrogen and oxygen atoms in total. The van der Waals surface area contributed by atoms with Crippen LogP contribution in [-0.2, 0) is 17.8 Å². The molecule has 346 valence electrons. The third-order valence-corrected chi connectivity index (χ3v) is 16.9. The van der Waals surface area contributed by atoms with Gasteiger partial charge in [0.15, 0.2) is 11.5 Å². The fraction of sp³-hybridized carbons (Fsp3) is 0.692. The number of nitrogens with one attached hydrogen (secondary N) is 2. The number of aromatic nitrogens is 1. The number of fused-ring (bicyclic) bond motifs is 6. The van der Waals surface area contributed by atoms with Gasteiger partial charge in [0.1, 0.15) is 5.75 Å². The minimum Gasteiger partial charge on any atom is -0.504 e. The highest BCUT2D eigenvalue weighted by Gasteiger charge is 2.46. The van der Waals surface area contributed by atoms with E-state index in [4.69, 9.17) is 14.2 Å². The smallest absolute Gasteiger partial charge is 0.201 e. The zero-order valence-electron chi connectivity index (χ0n) is 37.5. The minimum atomic E-state index is -0.692. The first-order chi connectivity index (χ1) is 30.6. The van der Waals surface area contributed by atoms with Gasteiger partial charge in [-0.15, -0.1) is 0 Å². The summed E-state index contributed by atoms with van der Waals surface area (Å²) in [5.41, 5.74) is 4.05. The highest BCUT2D eigenvalue weighted by Crippen LogP contribution is 2.54. The average Bonchev–Trinajstić information content (AvgIpc) is 3.96. The van der Waals surface area contributed by atoms with Gasteiger partial charge < -0.3 is 55.2 Å². The number of hydrogen-bond donors (Lipinski definition) is 8. The summed E-state index contributed by atoms with van der Waals surface area (Å²) >= 11 is 0. The number of aromatic hydroxyl groups is 2. The molecule has 11 heteroatoms. The molecule has 8 N–H and O–H groups in total. The molecule has 0 radical (unpaired) electrons. The molecule has 11 atom stereocenters. The van der Waals surface area contributed by atoms with Gasteiger partial charge in [-0.3, -0.25) is 0 Å². The van der Waals surface area contributed by atoms with Crippen LogP contribution in [0.4, 0.5) is 0 Å². The van der Waals surface area contributed by atoms with E-state index in [1.54, 1.807) is 0 Å². The Balaban J connectivity index is 0.999. The number of rotatable bonds is 10. The maximum Gasteiger partial charge on any atom is 0.201 e. The van der Waals surface area contributed by atoms with Crippen LogP contribution < -0.4 is 14.8 Å². The van der Waals surface area contributed by atoms with Crippen LogP contribution in [0.2, 0.25) is 0 Å². The number of phenols is 2. The highest BCUT2D eigenvalue weighted by molar-refractivity contribution is 5.64. The second-order valence-electron chi connectivity index (χ2n) is 20.7. The molecule has 2 aromatic carbocycles. The SMILES string of the molecule is COc1c(O)c(O)c(CO)c([C@@H]2C[C@H](O)[C@@H]3CC[C@H](c4ccc5c(c4)[C@@H]4C[C@@H](CCNC6CCCCC6)CC[C@@H]4[C@@H](O)CC[C@]4(O)CC[C@H](CCO5)C4)C[C@@H]3O2)c1Cc1cc[nH]c1. The quantitative estimate of drug-likeness (QED) is 0.0922. The van der Waals surface area contributed by atoms with Crippen LogP contribution in [0.25, 0.3) is 0 Å². The van der Waals surface area contributed by atoms with Crippen LogP contribution in [0.5, 0.6) is 23.0 Å². The average molecular weight is 871 g/mol. The molecule has 3 heterocycles. The van der Waals surface area contributed by atoms with Gasteiger partial charge in [-0.2, -0.15) is 0 Å². The molecular formula is C52H74N2O9. The summed E-state index contributed by atoms with van der Waals surface area (Å²) in [7, 11) is 1.45. The molecular weight excluding hydrogens is 797 g/mol. The minimum absolute atomic E-state index is 0.0571. The fourth-order valence-corrected chi connectivity index (χ4v) is 13.4. The van der Waals surface area contributed by atoms with E-state index in [1.165, 1.54) is 50.3 Å². The Labute approximate surface area is 374 Å². The Hall–Kier alpha value is -3.32. The first-order valence-corrected chi connectivity index (χ1v) is 24.7. The van der Waals surface area contributed by atoms with Crippen LogP contribution >= 0.6 is 0 Å². The van der Waals surface area contributed by atoms with Crippen molar-refractivity contribution in [2.24, 2.45) is 23.7 Å². The van der Waals surface area contributed by atoms with Crippen LogP contribution in [0.15, 0.2) is 36.7 Å². The largest absolute Gasteiger partial charge is 0.504 e. The van der Waals surface area contributed by atoms with Gasteiger partial charge in [0.05, 0.1) is 50.3 Å². The second-order valence-corrected chi connectivity index (χ2v) is 20.7. The van der Waals surface area contributed by atoms with Gasteiger partial charge in [-0.25, -0.2) is 0 Å². The highest BCUT2D eigenvalue weighted by atomic mass is 16.5. The molecule has 5 fully saturated rings. The van der Waals surface area contributed by atoms with E-state index in [0.717, 1.165) is 82.1 Å². The van der Waals surface area contributed by atoms with Crippen LogP contribution in [-0.4, -0.2) is 85.8 Å². The lowest BCUT2D eigenvalue weighted by atomic mass is 9.66. The number of aliphatic hydroxyl groups is 4. The lowest BCUT2D eigenvalue weighted by molar-refractivity contribution is -0.154. The van der Waals surface area contributed by atoms with E-state index in [-0.39, 0.29) is 41.1 Å². The van der Waals surface area contributed by atoms with Gasteiger partial charge in [-0.05, 0) is 167 Å². The van der Waals surface area contributed by atoms with Gasteiger partial charge in [0.25, 0.3) is 0 Å². The zero-order valence-corrected chi connectivity index (χ0v) is 37.5. The third-order valence-electron chi connectivity index (χ3n) is 16.9. The summed E-state index contributed by atoms with van der Waals surface area (Å²) in [4.78, 5) is 3.09. The van der Waals surface area contributed by atoms with Crippen molar-refractivity contribution in [3.05, 3.63) is 70.0 Å². The molecule has 2 aliphatic heterocycles. The number of benzene rings is 2. The number of ether oxygens (including phenoxy) is 3. The van der Waals surface area contributed by atoms with Gasteiger partial charge in [0, 0.05) is 48.3 Å². The Kier molecular flexibility index (Phi) is 14.0. The van der Waals surface area contributed by atoms with Crippen molar-refractivity contribution in [1.82, 2.24) is 10.3 Å². The summed E-state index contributed by atoms with van der Waals surface area (Å²) in [6.07, 6.45) is 20.3. The van der Waals surface area contributed by atoms with E-state index in [9.17, 15) is 30.6 Å². The maximum absolute atomic E-state index is 12.1. The lowest BCUT2D eigenvalue weighted by Crippen LogP contribution is -2.44. The van der Waals surface area contributed by atoms with E-state index in [2.05, 4.69) is 28.5 Å². The Bertz CT molecular complexity index is 1980. The van der Waals surface area contributed by atoms with Crippen LogP contribution in [0, 0.1) is 23.7 Å².